The number of aryl methyl sites for hydroxylation is 1. The summed E-state index contributed by atoms with van der Waals surface area (Å²) in [4.78, 5) is 4.78. The van der Waals surface area contributed by atoms with Crippen molar-refractivity contribution in [1.29, 1.82) is 0 Å². The SMILES string of the molecule is COc1cc(-c2csc(=Nc3ccc(F)cc3F)n2N=C(C)c2ccc(C)o2)cc(OC)c1OC. The Morgan fingerprint density at radius 3 is 2.26 bits per heavy atom. The minimum absolute atomic E-state index is 0.0138. The first-order valence-corrected chi connectivity index (χ1v) is 11.4. The third-order valence-corrected chi connectivity index (χ3v) is 5.93. The van der Waals surface area contributed by atoms with Gasteiger partial charge in [-0.05, 0) is 50.2 Å². The van der Waals surface area contributed by atoms with Crippen LogP contribution < -0.4 is 19.0 Å². The van der Waals surface area contributed by atoms with Crippen LogP contribution in [0.25, 0.3) is 11.3 Å². The molecule has 0 radical (unpaired) electrons. The molecule has 0 aliphatic carbocycles. The molecule has 0 unspecified atom stereocenters. The fourth-order valence-corrected chi connectivity index (χ4v) is 4.25. The van der Waals surface area contributed by atoms with Crippen molar-refractivity contribution in [2.45, 2.75) is 13.8 Å². The van der Waals surface area contributed by atoms with Crippen molar-refractivity contribution in [2.24, 2.45) is 10.1 Å². The Bertz CT molecular complexity index is 1440. The molecule has 0 spiro atoms. The molecule has 0 atom stereocenters. The predicted octanol–water partition coefficient (Wildman–Crippen LogP) is 5.93. The van der Waals surface area contributed by atoms with E-state index in [1.807, 2.05) is 24.4 Å². The van der Waals surface area contributed by atoms with Gasteiger partial charge in [0.05, 0.1) is 27.0 Å². The maximum Gasteiger partial charge on any atom is 0.211 e. The number of nitrogens with zero attached hydrogens (tertiary/aromatic N) is 3. The molecule has 4 aromatic rings. The van der Waals surface area contributed by atoms with Crippen molar-refractivity contribution in [3.8, 4) is 28.5 Å². The number of furan rings is 1. The van der Waals surface area contributed by atoms with Gasteiger partial charge in [-0.25, -0.2) is 18.4 Å². The molecule has 2 heterocycles. The van der Waals surface area contributed by atoms with Crippen molar-refractivity contribution >= 4 is 22.7 Å². The molecule has 7 nitrogen and oxygen atoms in total. The molecule has 2 aromatic carbocycles. The highest BCUT2D eigenvalue weighted by molar-refractivity contribution is 7.07. The van der Waals surface area contributed by atoms with Gasteiger partial charge < -0.3 is 18.6 Å². The van der Waals surface area contributed by atoms with Crippen molar-refractivity contribution in [3.63, 3.8) is 0 Å². The molecule has 0 fully saturated rings. The summed E-state index contributed by atoms with van der Waals surface area (Å²) in [5.74, 6) is 1.24. The highest BCUT2D eigenvalue weighted by atomic mass is 32.1. The number of benzene rings is 2. The Morgan fingerprint density at radius 2 is 1.69 bits per heavy atom. The molecular weight excluding hydrogens is 476 g/mol. The van der Waals surface area contributed by atoms with Crippen LogP contribution in [0.2, 0.25) is 0 Å². The van der Waals surface area contributed by atoms with Crippen LogP contribution in [0.1, 0.15) is 18.4 Å². The highest BCUT2D eigenvalue weighted by Gasteiger charge is 2.18. The van der Waals surface area contributed by atoms with Gasteiger partial charge in [-0.15, -0.1) is 11.3 Å². The summed E-state index contributed by atoms with van der Waals surface area (Å²) in [6.07, 6.45) is 0. The monoisotopic (exact) mass is 499 g/mol. The van der Waals surface area contributed by atoms with E-state index in [4.69, 9.17) is 23.7 Å². The summed E-state index contributed by atoms with van der Waals surface area (Å²) in [5, 5.41) is 6.55. The van der Waals surface area contributed by atoms with Gasteiger partial charge in [-0.2, -0.15) is 5.10 Å². The van der Waals surface area contributed by atoms with Crippen LogP contribution >= 0.6 is 11.3 Å². The second kappa shape index (κ2) is 10.1. The topological polar surface area (TPSA) is 70.5 Å². The lowest BCUT2D eigenvalue weighted by Gasteiger charge is -2.14. The Hall–Kier alpha value is -3.92. The van der Waals surface area contributed by atoms with E-state index in [0.29, 0.717) is 44.8 Å². The maximum atomic E-state index is 14.4. The number of thiazole rings is 1. The third-order valence-electron chi connectivity index (χ3n) is 5.12. The van der Waals surface area contributed by atoms with Crippen LogP contribution in [-0.4, -0.2) is 31.7 Å². The quantitative estimate of drug-likeness (QED) is 0.296. The molecule has 10 heteroatoms. The zero-order chi connectivity index (χ0) is 25.1. The number of methoxy groups -OCH3 is 3. The van der Waals surface area contributed by atoms with Crippen molar-refractivity contribution in [1.82, 2.24) is 4.68 Å². The van der Waals surface area contributed by atoms with Crippen LogP contribution in [0.3, 0.4) is 0 Å². The zero-order valence-corrected chi connectivity index (χ0v) is 20.6. The average Bonchev–Trinajstić information content (AvgIpc) is 3.46. The first-order chi connectivity index (χ1) is 16.8. The molecule has 0 saturated heterocycles. The molecule has 0 saturated carbocycles. The lowest BCUT2D eigenvalue weighted by molar-refractivity contribution is 0.324. The van der Waals surface area contributed by atoms with Gasteiger partial charge in [0.1, 0.15) is 28.7 Å². The average molecular weight is 500 g/mol. The van der Waals surface area contributed by atoms with E-state index in [0.717, 1.165) is 17.9 Å². The van der Waals surface area contributed by atoms with Gasteiger partial charge in [0.2, 0.25) is 10.6 Å². The Balaban J connectivity index is 1.96. The van der Waals surface area contributed by atoms with Gasteiger partial charge in [0, 0.05) is 17.0 Å². The van der Waals surface area contributed by atoms with Crippen LogP contribution in [0.4, 0.5) is 14.5 Å². The molecular formula is C25H23F2N3O4S. The standard InChI is InChI=1S/C25H23F2N3O4S/c1-14-6-9-21(34-14)15(2)29-30-20(16-10-22(31-3)24(33-5)23(11-16)32-4)13-35-25(30)28-19-8-7-17(26)12-18(19)27/h6-13H,1-5H3. The van der Waals surface area contributed by atoms with Gasteiger partial charge in [0.15, 0.2) is 17.3 Å². The minimum Gasteiger partial charge on any atom is -0.493 e. The van der Waals surface area contributed by atoms with E-state index < -0.39 is 11.6 Å². The largest absolute Gasteiger partial charge is 0.493 e. The van der Waals surface area contributed by atoms with E-state index in [-0.39, 0.29) is 5.69 Å². The van der Waals surface area contributed by atoms with Crippen LogP contribution in [0, 0.1) is 18.6 Å². The molecule has 0 bridgehead atoms. The van der Waals surface area contributed by atoms with Gasteiger partial charge in [-0.3, -0.25) is 0 Å². The molecule has 35 heavy (non-hydrogen) atoms. The van der Waals surface area contributed by atoms with Gasteiger partial charge in [-0.1, -0.05) is 0 Å². The summed E-state index contributed by atoms with van der Waals surface area (Å²) in [5.41, 5.74) is 1.90. The van der Waals surface area contributed by atoms with Crippen molar-refractivity contribution < 1.29 is 27.4 Å². The number of rotatable bonds is 7. The second-order valence-corrected chi connectivity index (χ2v) is 8.27. The van der Waals surface area contributed by atoms with Crippen LogP contribution in [0.15, 0.2) is 62.4 Å². The van der Waals surface area contributed by atoms with E-state index in [9.17, 15) is 8.78 Å². The second-order valence-electron chi connectivity index (χ2n) is 7.43. The molecule has 182 valence electrons. The first kappa shape index (κ1) is 24.2. The summed E-state index contributed by atoms with van der Waals surface area (Å²) in [6, 6.07) is 10.4. The van der Waals surface area contributed by atoms with E-state index >= 15 is 0 Å². The summed E-state index contributed by atoms with van der Waals surface area (Å²) < 4.78 is 51.5. The van der Waals surface area contributed by atoms with E-state index in [1.54, 1.807) is 23.7 Å². The number of aromatic nitrogens is 1. The molecule has 0 aliphatic heterocycles. The molecule has 0 amide bonds. The zero-order valence-electron chi connectivity index (χ0n) is 19.8. The molecule has 4 rings (SSSR count). The minimum atomic E-state index is -0.776. The van der Waals surface area contributed by atoms with Gasteiger partial charge >= 0.3 is 0 Å². The number of ether oxygens (including phenoxy) is 3. The Morgan fingerprint density at radius 1 is 0.971 bits per heavy atom. The smallest absolute Gasteiger partial charge is 0.211 e. The predicted molar refractivity (Wildman–Crippen MR) is 130 cm³/mol. The van der Waals surface area contributed by atoms with Gasteiger partial charge in [0.25, 0.3) is 0 Å². The fourth-order valence-electron chi connectivity index (χ4n) is 3.40. The summed E-state index contributed by atoms with van der Waals surface area (Å²) in [6.45, 7) is 3.64. The summed E-state index contributed by atoms with van der Waals surface area (Å²) in [7, 11) is 4.59. The van der Waals surface area contributed by atoms with Crippen LogP contribution in [0.5, 0.6) is 17.2 Å². The van der Waals surface area contributed by atoms with Crippen molar-refractivity contribution in [3.05, 3.63) is 75.8 Å². The summed E-state index contributed by atoms with van der Waals surface area (Å²) >= 11 is 1.24. The lowest BCUT2D eigenvalue weighted by atomic mass is 10.1. The van der Waals surface area contributed by atoms with E-state index in [2.05, 4.69) is 4.99 Å². The first-order valence-electron chi connectivity index (χ1n) is 10.5. The molecule has 2 aromatic heterocycles. The molecule has 0 N–H and O–H groups in total. The number of halogens is 2. The molecule has 0 aliphatic rings. The fraction of sp³-hybridized carbons (Fsp3) is 0.200. The Kier molecular flexibility index (Phi) is 7.02. The Labute approximate surface area is 204 Å². The lowest BCUT2D eigenvalue weighted by Crippen LogP contribution is -2.14. The normalized spacial score (nSPS) is 12.2. The maximum absolute atomic E-state index is 14.4. The number of hydrogen-bond donors (Lipinski definition) is 0. The van der Waals surface area contributed by atoms with E-state index in [1.165, 1.54) is 38.7 Å². The van der Waals surface area contributed by atoms with Crippen LogP contribution in [-0.2, 0) is 0 Å². The van der Waals surface area contributed by atoms with Crippen molar-refractivity contribution in [2.75, 3.05) is 21.3 Å². The highest BCUT2D eigenvalue weighted by Crippen LogP contribution is 2.41. The number of hydrogen-bond acceptors (Lipinski definition) is 7. The third kappa shape index (κ3) is 4.97.